The molecule has 0 saturated carbocycles. The topological polar surface area (TPSA) is 26.3 Å². The van der Waals surface area contributed by atoms with Gasteiger partial charge in [-0.3, -0.25) is 4.79 Å². The van der Waals surface area contributed by atoms with Gasteiger partial charge in [0.05, 0.1) is 4.90 Å². The van der Waals surface area contributed by atoms with E-state index in [9.17, 15) is 4.79 Å². The van der Waals surface area contributed by atoms with E-state index in [1.807, 2.05) is 30.7 Å². The van der Waals surface area contributed by atoms with Gasteiger partial charge in [-0.25, -0.2) is 0 Å². The molecule has 0 heterocycles. The molecule has 76 valence electrons. The van der Waals surface area contributed by atoms with Gasteiger partial charge in [0.2, 0.25) is 0 Å². The molecule has 0 atom stereocenters. The third-order valence-corrected chi connectivity index (χ3v) is 3.11. The summed E-state index contributed by atoms with van der Waals surface area (Å²) in [6.07, 6.45) is 3.98. The number of ether oxygens (including phenoxy) is 1. The van der Waals surface area contributed by atoms with Crippen LogP contribution < -0.4 is 4.74 Å². The molecule has 0 amide bonds. The minimum absolute atomic E-state index is 0.280. The normalized spacial score (nSPS) is 9.93. The lowest BCUT2D eigenvalue weighted by Gasteiger charge is -2.07. The zero-order chi connectivity index (χ0) is 10.6. The zero-order valence-electron chi connectivity index (χ0n) is 8.37. The van der Waals surface area contributed by atoms with E-state index in [1.54, 1.807) is 23.5 Å². The summed E-state index contributed by atoms with van der Waals surface area (Å²) in [7, 11) is 0. The van der Waals surface area contributed by atoms with Crippen LogP contribution in [0.4, 0.5) is 0 Å². The van der Waals surface area contributed by atoms with Gasteiger partial charge in [0.25, 0.3) is 0 Å². The van der Waals surface area contributed by atoms with E-state index in [2.05, 4.69) is 0 Å². The molecule has 0 bridgehead atoms. The molecule has 0 aliphatic heterocycles. The molecule has 0 aromatic heterocycles. The fraction of sp³-hybridized carbons (Fsp3) is 0.300. The number of thioether (sulfide) groups is 2. The highest BCUT2D eigenvalue weighted by atomic mass is 32.2. The summed E-state index contributed by atoms with van der Waals surface area (Å²) in [5, 5.41) is 0. The van der Waals surface area contributed by atoms with Crippen molar-refractivity contribution in [1.82, 2.24) is 0 Å². The lowest BCUT2D eigenvalue weighted by molar-refractivity contribution is -0.132. The monoisotopic (exact) mass is 228 g/mol. The molecule has 0 saturated heterocycles. The highest BCUT2D eigenvalue weighted by Crippen LogP contribution is 2.31. The molecule has 1 aromatic carbocycles. The van der Waals surface area contributed by atoms with E-state index >= 15 is 0 Å². The third kappa shape index (κ3) is 2.96. The van der Waals surface area contributed by atoms with Crippen molar-refractivity contribution < 1.29 is 9.53 Å². The van der Waals surface area contributed by atoms with Crippen molar-refractivity contribution in [1.29, 1.82) is 0 Å². The molecule has 0 aliphatic carbocycles. The molecule has 0 fully saturated rings. The minimum Gasteiger partial charge on any atom is -0.426 e. The Morgan fingerprint density at radius 3 is 2.50 bits per heavy atom. The van der Waals surface area contributed by atoms with Gasteiger partial charge in [-0.2, -0.15) is 0 Å². The minimum atomic E-state index is -0.280. The Labute approximate surface area is 92.4 Å². The maximum absolute atomic E-state index is 10.8. The number of rotatable bonds is 3. The molecule has 0 N–H and O–H groups in total. The van der Waals surface area contributed by atoms with Crippen LogP contribution in [0.25, 0.3) is 0 Å². The Bertz CT molecular complexity index is 337. The second kappa shape index (κ2) is 5.32. The number of carbonyl (C=O) groups is 1. The maximum Gasteiger partial charge on any atom is 0.308 e. The molecule has 4 heteroatoms. The van der Waals surface area contributed by atoms with Crippen LogP contribution >= 0.6 is 23.5 Å². The smallest absolute Gasteiger partial charge is 0.308 e. The summed E-state index contributed by atoms with van der Waals surface area (Å²) in [5.74, 6) is 0.361. The van der Waals surface area contributed by atoms with Gasteiger partial charge in [0.15, 0.2) is 0 Å². The van der Waals surface area contributed by atoms with Crippen molar-refractivity contribution in [2.75, 3.05) is 12.5 Å². The van der Waals surface area contributed by atoms with Crippen molar-refractivity contribution >= 4 is 29.5 Å². The highest BCUT2D eigenvalue weighted by molar-refractivity contribution is 7.99. The van der Waals surface area contributed by atoms with Crippen LogP contribution in [0.15, 0.2) is 28.0 Å². The zero-order valence-corrected chi connectivity index (χ0v) is 10.00. The van der Waals surface area contributed by atoms with Crippen LogP contribution in [0.2, 0.25) is 0 Å². The van der Waals surface area contributed by atoms with Gasteiger partial charge in [-0.05, 0) is 30.7 Å². The lowest BCUT2D eigenvalue weighted by Crippen LogP contribution is -2.02. The predicted molar refractivity (Wildman–Crippen MR) is 61.3 cm³/mol. The number of carbonyl (C=O) groups excluding carboxylic acids is 1. The fourth-order valence-electron chi connectivity index (χ4n) is 1.01. The number of hydrogen-bond acceptors (Lipinski definition) is 4. The number of esters is 1. The van der Waals surface area contributed by atoms with Crippen molar-refractivity contribution in [3.63, 3.8) is 0 Å². The summed E-state index contributed by atoms with van der Waals surface area (Å²) < 4.78 is 5.07. The van der Waals surface area contributed by atoms with Gasteiger partial charge in [0.1, 0.15) is 5.75 Å². The summed E-state index contributed by atoms with van der Waals surface area (Å²) in [5.41, 5.74) is 0. The second-order valence-electron chi connectivity index (χ2n) is 2.61. The molecule has 2 nitrogen and oxygen atoms in total. The molecule has 1 rings (SSSR count). The van der Waals surface area contributed by atoms with E-state index < -0.39 is 0 Å². The van der Waals surface area contributed by atoms with Gasteiger partial charge in [-0.1, -0.05) is 0 Å². The molecular weight excluding hydrogens is 216 g/mol. The molecule has 0 radical (unpaired) electrons. The van der Waals surface area contributed by atoms with Crippen LogP contribution in [-0.4, -0.2) is 18.5 Å². The van der Waals surface area contributed by atoms with Gasteiger partial charge < -0.3 is 4.74 Å². The summed E-state index contributed by atoms with van der Waals surface area (Å²) >= 11 is 3.25. The Morgan fingerprint density at radius 1 is 1.29 bits per heavy atom. The van der Waals surface area contributed by atoms with E-state index in [4.69, 9.17) is 4.74 Å². The third-order valence-electron chi connectivity index (χ3n) is 1.62. The Morgan fingerprint density at radius 2 is 2.00 bits per heavy atom. The van der Waals surface area contributed by atoms with Crippen LogP contribution in [-0.2, 0) is 4.79 Å². The van der Waals surface area contributed by atoms with Crippen LogP contribution in [0, 0.1) is 0 Å². The van der Waals surface area contributed by atoms with Crippen molar-refractivity contribution in [3.8, 4) is 5.75 Å². The first-order valence-electron chi connectivity index (χ1n) is 4.08. The SMILES string of the molecule is CSc1ccc(OC(C)=O)c(SC)c1. The summed E-state index contributed by atoms with van der Waals surface area (Å²) in [6, 6.07) is 5.80. The molecule has 0 aliphatic rings. The predicted octanol–water partition coefficient (Wildman–Crippen LogP) is 3.06. The maximum atomic E-state index is 10.8. The quantitative estimate of drug-likeness (QED) is 0.451. The van der Waals surface area contributed by atoms with Crippen molar-refractivity contribution in [2.24, 2.45) is 0 Å². The Kier molecular flexibility index (Phi) is 4.35. The average Bonchev–Trinajstić information content (AvgIpc) is 2.17. The molecule has 0 spiro atoms. The second-order valence-corrected chi connectivity index (χ2v) is 4.34. The van der Waals surface area contributed by atoms with Crippen molar-refractivity contribution in [2.45, 2.75) is 16.7 Å². The van der Waals surface area contributed by atoms with Crippen LogP contribution in [0.1, 0.15) is 6.92 Å². The van der Waals surface area contributed by atoms with Gasteiger partial charge >= 0.3 is 5.97 Å². The van der Waals surface area contributed by atoms with Crippen LogP contribution in [0.3, 0.4) is 0 Å². The molecule has 1 aromatic rings. The van der Waals surface area contributed by atoms with E-state index in [1.165, 1.54) is 11.8 Å². The van der Waals surface area contributed by atoms with Gasteiger partial charge in [-0.15, -0.1) is 23.5 Å². The molecule has 0 unspecified atom stereocenters. The fourth-order valence-corrected chi connectivity index (χ4v) is 2.08. The highest BCUT2D eigenvalue weighted by Gasteiger charge is 2.05. The van der Waals surface area contributed by atoms with E-state index in [0.29, 0.717) is 5.75 Å². The van der Waals surface area contributed by atoms with Crippen LogP contribution in [0.5, 0.6) is 5.75 Å². The average molecular weight is 228 g/mol. The van der Waals surface area contributed by atoms with E-state index in [0.717, 1.165) is 4.90 Å². The first-order chi connectivity index (χ1) is 6.67. The lowest BCUT2D eigenvalue weighted by atomic mass is 10.3. The Balaban J connectivity index is 2.98. The first-order valence-corrected chi connectivity index (χ1v) is 6.52. The summed E-state index contributed by atoms with van der Waals surface area (Å²) in [6.45, 7) is 1.41. The summed E-state index contributed by atoms with van der Waals surface area (Å²) in [4.78, 5) is 13.0. The standard InChI is InChI=1S/C10H12O2S2/c1-7(11)12-9-5-4-8(13-2)6-10(9)14-3/h4-6H,1-3H3. The number of hydrogen-bond donors (Lipinski definition) is 0. The first kappa shape index (κ1) is 11.5. The largest absolute Gasteiger partial charge is 0.426 e. The van der Waals surface area contributed by atoms with Gasteiger partial charge in [0, 0.05) is 11.8 Å². The van der Waals surface area contributed by atoms with Crippen molar-refractivity contribution in [3.05, 3.63) is 18.2 Å². The number of benzene rings is 1. The molecule has 14 heavy (non-hydrogen) atoms. The Hall–Kier alpha value is -0.610. The van der Waals surface area contributed by atoms with E-state index in [-0.39, 0.29) is 5.97 Å². The molecular formula is C10H12O2S2.